The molecule has 0 atom stereocenters. The van der Waals surface area contributed by atoms with Gasteiger partial charge in [0.2, 0.25) is 0 Å². The van der Waals surface area contributed by atoms with Gasteiger partial charge < -0.3 is 15.0 Å². The van der Waals surface area contributed by atoms with E-state index in [0.29, 0.717) is 11.3 Å². The monoisotopic (exact) mass is 284 g/mol. The molecule has 0 fully saturated rings. The molecule has 0 aromatic heterocycles. The van der Waals surface area contributed by atoms with Crippen LogP contribution in [0.4, 0.5) is 5.69 Å². The van der Waals surface area contributed by atoms with Crippen LogP contribution in [0.25, 0.3) is 0 Å². The largest absolute Gasteiger partial charge is 0.497 e. The van der Waals surface area contributed by atoms with Crippen LogP contribution in [0.3, 0.4) is 0 Å². The summed E-state index contributed by atoms with van der Waals surface area (Å²) in [7, 11) is 3.44. The van der Waals surface area contributed by atoms with Gasteiger partial charge in [0, 0.05) is 25.0 Å². The fraction of sp³-hybridized carbons (Fsp3) is 0.353. The third kappa shape index (κ3) is 2.42. The second-order valence-corrected chi connectivity index (χ2v) is 5.30. The topological polar surface area (TPSA) is 41.6 Å². The predicted molar refractivity (Wildman–Crippen MR) is 83.6 cm³/mol. The van der Waals surface area contributed by atoms with Gasteiger partial charge in [0.15, 0.2) is 0 Å². The second-order valence-electron chi connectivity index (χ2n) is 5.30. The molecule has 3 rings (SSSR count). The van der Waals surface area contributed by atoms with Crippen LogP contribution in [0.2, 0.25) is 0 Å². The van der Waals surface area contributed by atoms with E-state index in [-0.39, 0.29) is 5.91 Å². The number of hydrogen-bond acceptors (Lipinski definition) is 3. The van der Waals surface area contributed by atoms with E-state index in [1.165, 1.54) is 5.57 Å². The number of hydrogen-bond donors (Lipinski definition) is 1. The fourth-order valence-electron chi connectivity index (χ4n) is 3.00. The van der Waals surface area contributed by atoms with Gasteiger partial charge in [-0.3, -0.25) is 4.79 Å². The van der Waals surface area contributed by atoms with E-state index in [1.807, 2.05) is 24.1 Å². The zero-order valence-corrected chi connectivity index (χ0v) is 12.5. The highest BCUT2D eigenvalue weighted by Gasteiger charge is 2.28. The molecule has 0 unspecified atom stereocenters. The quantitative estimate of drug-likeness (QED) is 0.927. The van der Waals surface area contributed by atoms with Crippen molar-refractivity contribution in [2.75, 3.05) is 26.0 Å². The molecule has 1 aliphatic carbocycles. The van der Waals surface area contributed by atoms with Gasteiger partial charge in [0.05, 0.1) is 12.7 Å². The third-order valence-electron chi connectivity index (χ3n) is 4.15. The predicted octanol–water partition coefficient (Wildman–Crippen LogP) is 3.19. The van der Waals surface area contributed by atoms with Crippen LogP contribution >= 0.6 is 0 Å². The molecule has 1 amide bonds. The number of methoxy groups -OCH3 is 1. The Hall–Kier alpha value is -2.23. The van der Waals surface area contributed by atoms with Crippen molar-refractivity contribution in [2.24, 2.45) is 0 Å². The smallest absolute Gasteiger partial charge is 0.260 e. The first kappa shape index (κ1) is 13.7. The average Bonchev–Trinajstić information content (AvgIpc) is 2.97. The minimum Gasteiger partial charge on any atom is -0.497 e. The van der Waals surface area contributed by atoms with E-state index in [2.05, 4.69) is 17.5 Å². The van der Waals surface area contributed by atoms with Crippen LogP contribution < -0.4 is 10.1 Å². The average molecular weight is 284 g/mol. The maximum Gasteiger partial charge on any atom is 0.260 e. The van der Waals surface area contributed by atoms with Crippen molar-refractivity contribution < 1.29 is 9.53 Å². The maximum atomic E-state index is 12.9. The zero-order valence-electron chi connectivity index (χ0n) is 12.5. The Morgan fingerprint density at radius 3 is 2.95 bits per heavy atom. The van der Waals surface area contributed by atoms with Gasteiger partial charge in [-0.1, -0.05) is 6.08 Å². The molecule has 0 saturated heterocycles. The number of carbonyl (C=O) groups excluding carboxylic acids is 1. The summed E-state index contributed by atoms with van der Waals surface area (Å²) in [5.41, 5.74) is 3.98. The molecule has 1 N–H and O–H groups in total. The third-order valence-corrected chi connectivity index (χ3v) is 4.15. The van der Waals surface area contributed by atoms with Crippen LogP contribution in [0.5, 0.6) is 5.75 Å². The van der Waals surface area contributed by atoms with E-state index >= 15 is 0 Å². The number of nitrogens with zero attached hydrogens (tertiary/aromatic N) is 1. The maximum absolute atomic E-state index is 12.9. The fourth-order valence-corrected chi connectivity index (χ4v) is 3.00. The summed E-state index contributed by atoms with van der Waals surface area (Å²) in [6.07, 6.45) is 7.39. The van der Waals surface area contributed by atoms with Crippen LogP contribution in [0.15, 0.2) is 41.6 Å². The lowest BCUT2D eigenvalue weighted by atomic mass is 10.0. The molecule has 2 aliphatic rings. The minimum absolute atomic E-state index is 0.0369. The zero-order chi connectivity index (χ0) is 14.8. The normalized spacial score (nSPS) is 17.0. The first-order chi connectivity index (χ1) is 10.2. The van der Waals surface area contributed by atoms with Crippen molar-refractivity contribution in [1.29, 1.82) is 0 Å². The summed E-state index contributed by atoms with van der Waals surface area (Å²) < 4.78 is 5.25. The molecule has 0 radical (unpaired) electrons. The van der Waals surface area contributed by atoms with Gasteiger partial charge in [-0.15, -0.1) is 0 Å². The molecule has 1 heterocycles. The van der Waals surface area contributed by atoms with Crippen LogP contribution in [0.1, 0.15) is 29.6 Å². The van der Waals surface area contributed by atoms with Gasteiger partial charge in [0.25, 0.3) is 5.91 Å². The Morgan fingerprint density at radius 1 is 1.33 bits per heavy atom. The molecule has 0 bridgehead atoms. The Labute approximate surface area is 125 Å². The summed E-state index contributed by atoms with van der Waals surface area (Å²) in [4.78, 5) is 14.8. The number of benzene rings is 1. The molecule has 4 nitrogen and oxygen atoms in total. The van der Waals surface area contributed by atoms with Crippen LogP contribution in [-0.2, 0) is 0 Å². The van der Waals surface area contributed by atoms with Gasteiger partial charge >= 0.3 is 0 Å². The van der Waals surface area contributed by atoms with Crippen molar-refractivity contribution in [3.05, 3.63) is 47.2 Å². The number of nitrogens with one attached hydrogen (secondary N) is 1. The van der Waals surface area contributed by atoms with Crippen LogP contribution in [-0.4, -0.2) is 31.5 Å². The first-order valence-corrected chi connectivity index (χ1v) is 7.31. The SMILES string of the molecule is CNc1ccc(OC)cc1C(=O)N1CCC2=C1C=CCC2. The highest BCUT2D eigenvalue weighted by atomic mass is 16.5. The van der Waals surface area contributed by atoms with Gasteiger partial charge in [-0.25, -0.2) is 0 Å². The Morgan fingerprint density at radius 2 is 2.19 bits per heavy atom. The summed E-state index contributed by atoms with van der Waals surface area (Å²) in [5.74, 6) is 0.736. The highest BCUT2D eigenvalue weighted by Crippen LogP contribution is 2.33. The second kappa shape index (κ2) is 5.64. The van der Waals surface area contributed by atoms with E-state index < -0.39 is 0 Å². The Kier molecular flexibility index (Phi) is 3.69. The highest BCUT2D eigenvalue weighted by molar-refractivity contribution is 6.01. The van der Waals surface area contributed by atoms with Gasteiger partial charge in [-0.2, -0.15) is 0 Å². The van der Waals surface area contributed by atoms with E-state index in [1.54, 1.807) is 13.2 Å². The van der Waals surface area contributed by atoms with Crippen molar-refractivity contribution >= 4 is 11.6 Å². The van der Waals surface area contributed by atoms with Crippen molar-refractivity contribution in [3.63, 3.8) is 0 Å². The molecule has 0 saturated carbocycles. The van der Waals surface area contributed by atoms with E-state index in [0.717, 1.165) is 37.2 Å². The summed E-state index contributed by atoms with van der Waals surface area (Å²) in [6.45, 7) is 0.772. The first-order valence-electron chi connectivity index (χ1n) is 7.31. The number of amides is 1. The lowest BCUT2D eigenvalue weighted by molar-refractivity contribution is 0.0823. The molecule has 110 valence electrons. The Bertz CT molecular complexity index is 632. The number of anilines is 1. The number of rotatable bonds is 3. The summed E-state index contributed by atoms with van der Waals surface area (Å²) in [5, 5.41) is 3.09. The van der Waals surface area contributed by atoms with Crippen molar-refractivity contribution in [2.45, 2.75) is 19.3 Å². The summed E-state index contributed by atoms with van der Waals surface area (Å²) >= 11 is 0. The molecular weight excluding hydrogens is 264 g/mol. The van der Waals surface area contributed by atoms with E-state index in [9.17, 15) is 4.79 Å². The molecule has 1 aromatic carbocycles. The number of ether oxygens (including phenoxy) is 1. The molecule has 4 heteroatoms. The number of carbonyl (C=O) groups is 1. The van der Waals surface area contributed by atoms with Gasteiger partial charge in [0.1, 0.15) is 5.75 Å². The minimum atomic E-state index is 0.0369. The number of allylic oxidation sites excluding steroid dienone is 2. The summed E-state index contributed by atoms with van der Waals surface area (Å²) in [6, 6.07) is 5.55. The van der Waals surface area contributed by atoms with Crippen molar-refractivity contribution in [1.82, 2.24) is 4.90 Å². The molecule has 1 aromatic rings. The van der Waals surface area contributed by atoms with Gasteiger partial charge in [-0.05, 0) is 49.1 Å². The molecular formula is C17H20N2O2. The van der Waals surface area contributed by atoms with Crippen molar-refractivity contribution in [3.8, 4) is 5.75 Å². The van der Waals surface area contributed by atoms with Crippen LogP contribution in [0, 0.1) is 0 Å². The molecule has 0 spiro atoms. The molecule has 21 heavy (non-hydrogen) atoms. The standard InChI is InChI=1S/C17H20N2O2/c1-18-15-8-7-13(21-2)11-14(15)17(20)19-10-9-12-5-3-4-6-16(12)19/h4,6-8,11,18H,3,5,9-10H2,1-2H3. The van der Waals surface area contributed by atoms with E-state index in [4.69, 9.17) is 4.74 Å². The lowest BCUT2D eigenvalue weighted by Crippen LogP contribution is -2.28. The molecule has 1 aliphatic heterocycles. The lowest BCUT2D eigenvalue weighted by Gasteiger charge is -2.21. The Balaban J connectivity index is 1.95.